The average molecular weight is 278 g/mol. The van der Waals surface area contributed by atoms with Gasteiger partial charge in [0.1, 0.15) is 0 Å². The lowest BCUT2D eigenvalue weighted by Gasteiger charge is -2.13. The normalized spacial score (nSPS) is 22.4. The summed E-state index contributed by atoms with van der Waals surface area (Å²) < 4.78 is 7.91. The predicted octanol–water partition coefficient (Wildman–Crippen LogP) is 3.17. The lowest BCUT2D eigenvalue weighted by atomic mass is 10.0. The Kier molecular flexibility index (Phi) is 4.97. The Bertz CT molecular complexity index is 479. The molecule has 0 amide bonds. The molecule has 0 N–H and O–H groups in total. The molecular weight excluding hydrogens is 252 g/mol. The fourth-order valence-corrected chi connectivity index (χ4v) is 3.02. The van der Waals surface area contributed by atoms with Crippen LogP contribution in [0.15, 0.2) is 0 Å². The molecule has 2 rings (SSSR count). The molecule has 0 bridgehead atoms. The zero-order valence-corrected chi connectivity index (χ0v) is 13.1. The lowest BCUT2D eigenvalue weighted by molar-refractivity contribution is 0.0431. The van der Waals surface area contributed by atoms with E-state index in [-0.39, 0.29) is 11.9 Å². The highest BCUT2D eigenvalue weighted by Crippen LogP contribution is 2.23. The Morgan fingerprint density at radius 3 is 2.55 bits per heavy atom. The van der Waals surface area contributed by atoms with Gasteiger partial charge in [-0.3, -0.25) is 9.48 Å². The van der Waals surface area contributed by atoms with Crippen molar-refractivity contribution in [1.29, 1.82) is 0 Å². The van der Waals surface area contributed by atoms with Crippen LogP contribution in [0, 0.1) is 0 Å². The standard InChI is InChI=1S/C16H26N2O2/c1-5-13-16(15(19)7-3)14(6-2)18(17-13)10-12-9-8-11(4)20-12/h11-12H,5-10H2,1-4H3. The van der Waals surface area contributed by atoms with Gasteiger partial charge < -0.3 is 4.74 Å². The molecule has 20 heavy (non-hydrogen) atoms. The first-order valence-corrected chi connectivity index (χ1v) is 7.87. The number of carbonyl (C=O) groups is 1. The lowest BCUT2D eigenvalue weighted by Crippen LogP contribution is -2.19. The fraction of sp³-hybridized carbons (Fsp3) is 0.750. The number of hydrogen-bond acceptors (Lipinski definition) is 3. The van der Waals surface area contributed by atoms with Crippen LogP contribution in [0.4, 0.5) is 0 Å². The third-order valence-electron chi connectivity index (χ3n) is 4.10. The number of Topliss-reactive ketones (excluding diaryl/α,β-unsaturated/α-hetero) is 1. The second-order valence-corrected chi connectivity index (χ2v) is 5.58. The molecule has 1 aromatic heterocycles. The molecule has 1 fully saturated rings. The largest absolute Gasteiger partial charge is 0.373 e. The zero-order valence-electron chi connectivity index (χ0n) is 13.1. The summed E-state index contributed by atoms with van der Waals surface area (Å²) in [6, 6.07) is 0. The Balaban J connectivity index is 2.28. The van der Waals surface area contributed by atoms with E-state index in [1.165, 1.54) is 0 Å². The summed E-state index contributed by atoms with van der Waals surface area (Å²) in [5, 5.41) is 4.67. The molecule has 4 nitrogen and oxygen atoms in total. The highest BCUT2D eigenvalue weighted by atomic mass is 16.5. The number of aromatic nitrogens is 2. The first kappa shape index (κ1) is 15.2. The molecule has 2 heterocycles. The van der Waals surface area contributed by atoms with E-state index in [9.17, 15) is 4.79 Å². The second kappa shape index (κ2) is 6.53. The van der Waals surface area contributed by atoms with E-state index < -0.39 is 0 Å². The summed E-state index contributed by atoms with van der Waals surface area (Å²) >= 11 is 0. The number of aryl methyl sites for hydroxylation is 1. The van der Waals surface area contributed by atoms with Gasteiger partial charge in [-0.2, -0.15) is 5.10 Å². The van der Waals surface area contributed by atoms with Gasteiger partial charge in [-0.1, -0.05) is 20.8 Å². The number of ether oxygens (including phenoxy) is 1. The van der Waals surface area contributed by atoms with Crippen molar-refractivity contribution in [3.8, 4) is 0 Å². The molecule has 4 heteroatoms. The molecule has 112 valence electrons. The molecular formula is C16H26N2O2. The van der Waals surface area contributed by atoms with Gasteiger partial charge >= 0.3 is 0 Å². The van der Waals surface area contributed by atoms with Crippen LogP contribution in [0.25, 0.3) is 0 Å². The molecule has 1 saturated heterocycles. The third kappa shape index (κ3) is 2.95. The highest BCUT2D eigenvalue weighted by Gasteiger charge is 2.26. The molecule has 1 aromatic rings. The van der Waals surface area contributed by atoms with Crippen molar-refractivity contribution < 1.29 is 9.53 Å². The zero-order chi connectivity index (χ0) is 14.7. The number of rotatable bonds is 6. The topological polar surface area (TPSA) is 44.1 Å². The van der Waals surface area contributed by atoms with E-state index in [0.717, 1.165) is 49.2 Å². The van der Waals surface area contributed by atoms with Crippen molar-refractivity contribution in [2.24, 2.45) is 0 Å². The number of nitrogens with zero attached hydrogens (tertiary/aromatic N) is 2. The maximum absolute atomic E-state index is 12.2. The molecule has 1 aliphatic rings. The van der Waals surface area contributed by atoms with E-state index in [4.69, 9.17) is 4.74 Å². The Hall–Kier alpha value is -1.16. The minimum Gasteiger partial charge on any atom is -0.373 e. The first-order chi connectivity index (χ1) is 9.60. The van der Waals surface area contributed by atoms with Gasteiger partial charge in [0.15, 0.2) is 5.78 Å². The monoisotopic (exact) mass is 278 g/mol. The van der Waals surface area contributed by atoms with E-state index in [0.29, 0.717) is 12.5 Å². The van der Waals surface area contributed by atoms with Gasteiger partial charge in [-0.05, 0) is 32.6 Å². The molecule has 0 aromatic carbocycles. The molecule has 0 spiro atoms. The molecule has 1 aliphatic heterocycles. The van der Waals surface area contributed by atoms with Crippen molar-refractivity contribution in [1.82, 2.24) is 9.78 Å². The molecule has 0 saturated carbocycles. The van der Waals surface area contributed by atoms with Crippen LogP contribution in [-0.4, -0.2) is 27.8 Å². The van der Waals surface area contributed by atoms with E-state index in [2.05, 4.69) is 25.9 Å². The van der Waals surface area contributed by atoms with Crippen LogP contribution < -0.4 is 0 Å². The summed E-state index contributed by atoms with van der Waals surface area (Å²) in [5.41, 5.74) is 2.89. The van der Waals surface area contributed by atoms with E-state index in [1.54, 1.807) is 0 Å². The van der Waals surface area contributed by atoms with Crippen molar-refractivity contribution in [2.45, 2.75) is 78.6 Å². The van der Waals surface area contributed by atoms with Crippen LogP contribution in [0.1, 0.15) is 68.7 Å². The average Bonchev–Trinajstić information content (AvgIpc) is 3.01. The van der Waals surface area contributed by atoms with Crippen molar-refractivity contribution in [3.05, 3.63) is 17.0 Å². The Morgan fingerprint density at radius 1 is 1.30 bits per heavy atom. The van der Waals surface area contributed by atoms with Crippen LogP contribution in [-0.2, 0) is 24.1 Å². The van der Waals surface area contributed by atoms with E-state index >= 15 is 0 Å². The van der Waals surface area contributed by atoms with Crippen molar-refractivity contribution >= 4 is 5.78 Å². The minimum atomic E-state index is 0.214. The molecule has 0 aliphatic carbocycles. The SMILES string of the molecule is CCC(=O)c1c(CC)nn(CC2CCC(C)O2)c1CC. The van der Waals surface area contributed by atoms with Crippen LogP contribution >= 0.6 is 0 Å². The van der Waals surface area contributed by atoms with E-state index in [1.807, 2.05) is 11.6 Å². The number of hydrogen-bond donors (Lipinski definition) is 0. The predicted molar refractivity (Wildman–Crippen MR) is 79.2 cm³/mol. The second-order valence-electron chi connectivity index (χ2n) is 5.58. The molecule has 2 unspecified atom stereocenters. The number of ketones is 1. The maximum atomic E-state index is 12.2. The van der Waals surface area contributed by atoms with Crippen molar-refractivity contribution in [3.63, 3.8) is 0 Å². The Labute approximate surface area is 121 Å². The van der Waals surface area contributed by atoms with Gasteiger partial charge in [0.2, 0.25) is 0 Å². The van der Waals surface area contributed by atoms with Gasteiger partial charge in [0.05, 0.1) is 30.0 Å². The van der Waals surface area contributed by atoms with Gasteiger partial charge in [0, 0.05) is 12.1 Å². The minimum absolute atomic E-state index is 0.214. The Morgan fingerprint density at radius 2 is 2.05 bits per heavy atom. The fourth-order valence-electron chi connectivity index (χ4n) is 3.02. The summed E-state index contributed by atoms with van der Waals surface area (Å²) in [6.45, 7) is 8.97. The summed E-state index contributed by atoms with van der Waals surface area (Å²) in [7, 11) is 0. The van der Waals surface area contributed by atoms with Crippen LogP contribution in [0.3, 0.4) is 0 Å². The quantitative estimate of drug-likeness (QED) is 0.751. The van der Waals surface area contributed by atoms with Crippen LogP contribution in [0.2, 0.25) is 0 Å². The molecule has 0 radical (unpaired) electrons. The van der Waals surface area contributed by atoms with Gasteiger partial charge in [-0.25, -0.2) is 0 Å². The maximum Gasteiger partial charge on any atom is 0.166 e. The smallest absolute Gasteiger partial charge is 0.166 e. The van der Waals surface area contributed by atoms with Crippen molar-refractivity contribution in [2.75, 3.05) is 0 Å². The third-order valence-corrected chi connectivity index (χ3v) is 4.10. The van der Waals surface area contributed by atoms with Gasteiger partial charge in [-0.15, -0.1) is 0 Å². The van der Waals surface area contributed by atoms with Crippen LogP contribution in [0.5, 0.6) is 0 Å². The van der Waals surface area contributed by atoms with Gasteiger partial charge in [0.25, 0.3) is 0 Å². The molecule has 2 atom stereocenters. The summed E-state index contributed by atoms with van der Waals surface area (Å²) in [4.78, 5) is 12.2. The number of carbonyl (C=O) groups excluding carboxylic acids is 1. The first-order valence-electron chi connectivity index (χ1n) is 7.87. The summed E-state index contributed by atoms with van der Waals surface area (Å²) in [6.07, 6.45) is 4.99. The summed E-state index contributed by atoms with van der Waals surface area (Å²) in [5.74, 6) is 0.214. The highest BCUT2D eigenvalue weighted by molar-refractivity contribution is 5.98.